The molecule has 0 aliphatic rings. The zero-order chi connectivity index (χ0) is 23.5. The van der Waals surface area contributed by atoms with Crippen LogP contribution in [0, 0.1) is 6.07 Å². The molecule has 0 spiro atoms. The quantitative estimate of drug-likeness (QED) is 0.206. The summed E-state index contributed by atoms with van der Waals surface area (Å²) in [6.07, 6.45) is 1.79. The normalized spacial score (nSPS) is 11.0. The fraction of sp³-hybridized carbons (Fsp3) is 0.0968. The van der Waals surface area contributed by atoms with Crippen molar-refractivity contribution in [2.24, 2.45) is 0 Å². The van der Waals surface area contributed by atoms with Crippen LogP contribution < -0.4 is 0 Å². The van der Waals surface area contributed by atoms with Gasteiger partial charge in [0.05, 0.1) is 5.69 Å². The Morgan fingerprint density at radius 2 is 1.31 bits per heavy atom. The van der Waals surface area contributed by atoms with Gasteiger partial charge in [0.25, 0.3) is 0 Å². The van der Waals surface area contributed by atoms with Crippen LogP contribution in [0.25, 0.3) is 33.8 Å². The fourth-order valence-corrected chi connectivity index (χ4v) is 4.17. The molecule has 5 aromatic rings. The summed E-state index contributed by atoms with van der Waals surface area (Å²) in [4.78, 5) is 9.44. The molecule has 0 bridgehead atoms. The average molecular weight is 637 g/mol. The molecule has 0 saturated heterocycles. The summed E-state index contributed by atoms with van der Waals surface area (Å²) in [5.41, 5.74) is 6.95. The SMILES string of the molecule is CC(C)(c1ccccc1)c1cc(-c2[c-]c(-c3ccccn3)ccc2)nc(-c2ccccc2O)c1.[Pt]. The van der Waals surface area contributed by atoms with Crippen molar-refractivity contribution in [1.82, 2.24) is 9.97 Å². The summed E-state index contributed by atoms with van der Waals surface area (Å²) in [5.74, 6) is 0.210. The maximum Gasteiger partial charge on any atom is 0.124 e. The van der Waals surface area contributed by atoms with Crippen molar-refractivity contribution in [2.45, 2.75) is 19.3 Å². The van der Waals surface area contributed by atoms with E-state index in [1.807, 2.05) is 60.7 Å². The van der Waals surface area contributed by atoms with Gasteiger partial charge >= 0.3 is 0 Å². The van der Waals surface area contributed by atoms with E-state index in [1.54, 1.807) is 12.3 Å². The minimum atomic E-state index is -0.267. The van der Waals surface area contributed by atoms with Gasteiger partial charge < -0.3 is 5.11 Å². The van der Waals surface area contributed by atoms with Crippen LogP contribution in [-0.2, 0) is 26.5 Å². The number of pyridine rings is 2. The number of aromatic nitrogens is 2. The van der Waals surface area contributed by atoms with Crippen LogP contribution in [0.3, 0.4) is 0 Å². The molecule has 3 aromatic carbocycles. The summed E-state index contributed by atoms with van der Waals surface area (Å²) in [6.45, 7) is 4.42. The molecule has 0 saturated carbocycles. The first-order valence-corrected chi connectivity index (χ1v) is 11.3. The number of phenolic OH excluding ortho intramolecular Hbond substituents is 1. The summed E-state index contributed by atoms with van der Waals surface area (Å²) in [7, 11) is 0. The van der Waals surface area contributed by atoms with Crippen LogP contribution in [0.1, 0.15) is 25.0 Å². The van der Waals surface area contributed by atoms with E-state index in [9.17, 15) is 5.11 Å². The summed E-state index contributed by atoms with van der Waals surface area (Å²) in [5, 5.41) is 10.6. The van der Waals surface area contributed by atoms with Gasteiger partial charge in [-0.1, -0.05) is 85.6 Å². The van der Waals surface area contributed by atoms with E-state index in [-0.39, 0.29) is 32.2 Å². The minimum Gasteiger partial charge on any atom is -0.507 e. The molecule has 4 heteroatoms. The van der Waals surface area contributed by atoms with Gasteiger partial charge in [-0.05, 0) is 35.4 Å². The van der Waals surface area contributed by atoms with Crippen LogP contribution in [0.2, 0.25) is 0 Å². The maximum atomic E-state index is 10.6. The molecular weight excluding hydrogens is 611 g/mol. The Balaban J connectivity index is 0.00000289. The number of benzene rings is 3. The zero-order valence-corrected chi connectivity index (χ0v) is 21.8. The molecule has 2 heterocycles. The molecule has 0 aliphatic heterocycles. The molecule has 1 N–H and O–H groups in total. The monoisotopic (exact) mass is 636 g/mol. The number of hydrogen-bond donors (Lipinski definition) is 1. The molecule has 35 heavy (non-hydrogen) atoms. The third-order valence-corrected chi connectivity index (χ3v) is 6.23. The Bertz CT molecular complexity index is 1430. The number of hydrogen-bond acceptors (Lipinski definition) is 3. The van der Waals surface area contributed by atoms with Crippen molar-refractivity contribution >= 4 is 0 Å². The number of phenols is 1. The first kappa shape index (κ1) is 24.6. The number of para-hydroxylation sites is 1. The van der Waals surface area contributed by atoms with E-state index < -0.39 is 0 Å². The molecule has 0 radical (unpaired) electrons. The first-order valence-electron chi connectivity index (χ1n) is 11.3. The van der Waals surface area contributed by atoms with Gasteiger partial charge in [0, 0.05) is 49.6 Å². The second-order valence-electron chi connectivity index (χ2n) is 8.83. The van der Waals surface area contributed by atoms with Crippen molar-refractivity contribution in [3.63, 3.8) is 0 Å². The third-order valence-electron chi connectivity index (χ3n) is 6.23. The van der Waals surface area contributed by atoms with E-state index in [2.05, 4.69) is 61.3 Å². The summed E-state index contributed by atoms with van der Waals surface area (Å²) < 4.78 is 0. The molecule has 0 unspecified atom stereocenters. The van der Waals surface area contributed by atoms with Gasteiger partial charge in [-0.15, -0.1) is 24.3 Å². The molecule has 0 fully saturated rings. The van der Waals surface area contributed by atoms with Crippen LogP contribution >= 0.6 is 0 Å². The predicted molar refractivity (Wildman–Crippen MR) is 137 cm³/mol. The van der Waals surface area contributed by atoms with Gasteiger partial charge in [-0.25, -0.2) is 0 Å². The Morgan fingerprint density at radius 1 is 0.657 bits per heavy atom. The second kappa shape index (κ2) is 10.4. The third kappa shape index (κ3) is 5.11. The molecule has 5 rings (SSSR count). The van der Waals surface area contributed by atoms with E-state index in [0.717, 1.165) is 33.8 Å². The zero-order valence-electron chi connectivity index (χ0n) is 19.6. The van der Waals surface area contributed by atoms with Crippen LogP contribution in [-0.4, -0.2) is 15.1 Å². The van der Waals surface area contributed by atoms with Gasteiger partial charge in [-0.3, -0.25) is 9.97 Å². The van der Waals surface area contributed by atoms with Crippen molar-refractivity contribution < 1.29 is 26.2 Å². The molecular formula is C31H25N2OPt-. The largest absolute Gasteiger partial charge is 0.507 e. The predicted octanol–water partition coefficient (Wildman–Crippen LogP) is 7.31. The van der Waals surface area contributed by atoms with Crippen LogP contribution in [0.15, 0.2) is 109 Å². The van der Waals surface area contributed by atoms with Gasteiger partial charge in [0.2, 0.25) is 0 Å². The van der Waals surface area contributed by atoms with Crippen LogP contribution in [0.5, 0.6) is 5.75 Å². The molecule has 0 aliphatic carbocycles. The number of rotatable bonds is 5. The molecule has 0 amide bonds. The second-order valence-corrected chi connectivity index (χ2v) is 8.83. The van der Waals surface area contributed by atoms with Crippen LogP contribution in [0.4, 0.5) is 0 Å². The van der Waals surface area contributed by atoms with E-state index in [0.29, 0.717) is 5.56 Å². The Hall–Kier alpha value is -3.55. The molecule has 2 aromatic heterocycles. The van der Waals surface area contributed by atoms with Gasteiger partial charge in [-0.2, -0.15) is 0 Å². The smallest absolute Gasteiger partial charge is 0.124 e. The number of nitrogens with zero attached hydrogens (tertiary/aromatic N) is 2. The van der Waals surface area contributed by atoms with E-state index >= 15 is 0 Å². The Morgan fingerprint density at radius 3 is 2.03 bits per heavy atom. The van der Waals surface area contributed by atoms with Crippen molar-refractivity contribution in [2.75, 3.05) is 0 Å². The molecule has 176 valence electrons. The summed E-state index contributed by atoms with van der Waals surface area (Å²) in [6, 6.07) is 37.4. The first-order chi connectivity index (χ1) is 16.5. The van der Waals surface area contributed by atoms with Gasteiger partial charge in [0.15, 0.2) is 0 Å². The van der Waals surface area contributed by atoms with Crippen molar-refractivity contribution in [3.05, 3.63) is 127 Å². The van der Waals surface area contributed by atoms with E-state index in [4.69, 9.17) is 4.98 Å². The average Bonchev–Trinajstić information content (AvgIpc) is 2.90. The van der Waals surface area contributed by atoms with Crippen molar-refractivity contribution in [3.8, 4) is 39.5 Å². The molecule has 0 atom stereocenters. The van der Waals surface area contributed by atoms with Crippen molar-refractivity contribution in [1.29, 1.82) is 0 Å². The Kier molecular flexibility index (Phi) is 7.28. The Labute approximate surface area is 220 Å². The molecule has 3 nitrogen and oxygen atoms in total. The minimum absolute atomic E-state index is 0. The van der Waals surface area contributed by atoms with Gasteiger partial charge in [0.1, 0.15) is 5.75 Å². The fourth-order valence-electron chi connectivity index (χ4n) is 4.17. The standard InChI is InChI=1S/C31H25N2O.Pt/c1-31(2,24-13-4-3-5-14-24)25-20-28(33-29(21-25)26-15-6-7-17-30(26)34)23-12-10-11-22(19-23)27-16-8-9-18-32-27;/h3-18,20-21,34H,1-2H3;/q-1;. The topological polar surface area (TPSA) is 46.0 Å². The number of aromatic hydroxyl groups is 1. The van der Waals surface area contributed by atoms with E-state index in [1.165, 1.54) is 5.56 Å². The maximum absolute atomic E-state index is 10.6. The summed E-state index contributed by atoms with van der Waals surface area (Å²) >= 11 is 0.